The molecule has 0 heterocycles. The molecule has 0 saturated carbocycles. The van der Waals surface area contributed by atoms with Crippen LogP contribution in [0.15, 0.2) is 42.5 Å². The topological polar surface area (TPSA) is 46.6 Å². The van der Waals surface area contributed by atoms with Gasteiger partial charge >= 0.3 is 5.97 Å². The van der Waals surface area contributed by atoms with Crippen LogP contribution in [0.4, 0.5) is 5.69 Å². The summed E-state index contributed by atoms with van der Waals surface area (Å²) in [5, 5.41) is 1.01. The molecule has 4 nitrogen and oxygen atoms in total. The van der Waals surface area contributed by atoms with Crippen LogP contribution >= 0.6 is 23.2 Å². The summed E-state index contributed by atoms with van der Waals surface area (Å²) >= 11 is 12.6. The van der Waals surface area contributed by atoms with Crippen molar-refractivity contribution in [3.8, 4) is 0 Å². The van der Waals surface area contributed by atoms with E-state index >= 15 is 0 Å². The number of halogens is 2. The largest absolute Gasteiger partial charge is 0.462 e. The van der Waals surface area contributed by atoms with Crippen molar-refractivity contribution in [2.45, 2.75) is 33.7 Å². The lowest BCUT2D eigenvalue weighted by Crippen LogP contribution is -2.31. The fraction of sp³-hybridized carbons (Fsp3) is 0.333. The molecule has 1 amide bonds. The Bertz CT molecular complexity index is 783. The number of benzene rings is 2. The molecule has 0 bridgehead atoms. The Hall–Kier alpha value is -2.04. The predicted octanol–water partition coefficient (Wildman–Crippen LogP) is 5.75. The summed E-state index contributed by atoms with van der Waals surface area (Å²) in [7, 11) is 0. The molecule has 0 aliphatic carbocycles. The molecule has 144 valence electrons. The van der Waals surface area contributed by atoms with Crippen molar-refractivity contribution in [3.05, 3.63) is 63.6 Å². The average Bonchev–Trinajstić information content (AvgIpc) is 2.61. The highest BCUT2D eigenvalue weighted by Crippen LogP contribution is 2.29. The fourth-order valence-corrected chi connectivity index (χ4v) is 3.13. The molecule has 0 N–H and O–H groups in total. The van der Waals surface area contributed by atoms with Gasteiger partial charge in [0, 0.05) is 27.7 Å². The highest BCUT2D eigenvalue weighted by atomic mass is 35.5. The van der Waals surface area contributed by atoms with Crippen molar-refractivity contribution in [3.63, 3.8) is 0 Å². The smallest absolute Gasteiger partial charge is 0.338 e. The van der Waals surface area contributed by atoms with Crippen molar-refractivity contribution in [2.75, 3.05) is 11.5 Å². The van der Waals surface area contributed by atoms with Gasteiger partial charge in [-0.1, -0.05) is 43.1 Å². The fourth-order valence-electron chi connectivity index (χ4n) is 2.62. The van der Waals surface area contributed by atoms with Gasteiger partial charge in [0.05, 0.1) is 18.7 Å². The van der Waals surface area contributed by atoms with Crippen molar-refractivity contribution in [1.82, 2.24) is 0 Å². The van der Waals surface area contributed by atoms with E-state index in [4.69, 9.17) is 27.9 Å². The maximum Gasteiger partial charge on any atom is 0.338 e. The molecule has 0 unspecified atom stereocenters. The number of carbonyl (C=O) groups is 2. The molecule has 0 fully saturated rings. The number of hydrogen-bond acceptors (Lipinski definition) is 3. The van der Waals surface area contributed by atoms with E-state index in [-0.39, 0.29) is 18.4 Å². The lowest BCUT2D eigenvalue weighted by Gasteiger charge is -2.25. The third-order valence-electron chi connectivity index (χ3n) is 3.95. The van der Waals surface area contributed by atoms with Gasteiger partial charge in [0.15, 0.2) is 0 Å². The summed E-state index contributed by atoms with van der Waals surface area (Å²) in [4.78, 5) is 26.3. The Balaban J connectivity index is 2.35. The van der Waals surface area contributed by atoms with Crippen molar-refractivity contribution in [1.29, 1.82) is 0 Å². The third-order valence-corrected chi connectivity index (χ3v) is 4.66. The van der Waals surface area contributed by atoms with E-state index in [1.54, 1.807) is 54.3 Å². The van der Waals surface area contributed by atoms with Crippen LogP contribution in [0.1, 0.15) is 43.1 Å². The number of nitrogens with zero attached hydrogens (tertiary/aromatic N) is 1. The zero-order valence-corrected chi connectivity index (χ0v) is 17.2. The van der Waals surface area contributed by atoms with Gasteiger partial charge in [-0.05, 0) is 49.2 Å². The molecular weight excluding hydrogens is 385 g/mol. The zero-order chi connectivity index (χ0) is 20.0. The molecule has 0 aliphatic rings. The van der Waals surface area contributed by atoms with Gasteiger partial charge in [-0.2, -0.15) is 0 Å². The number of hydrogen-bond donors (Lipinski definition) is 0. The molecule has 2 rings (SSSR count). The van der Waals surface area contributed by atoms with Crippen LogP contribution in [-0.4, -0.2) is 18.5 Å². The minimum Gasteiger partial charge on any atom is -0.462 e. The number of carbonyl (C=O) groups excluding carboxylic acids is 2. The van der Waals surface area contributed by atoms with Crippen LogP contribution in [0.3, 0.4) is 0 Å². The highest BCUT2D eigenvalue weighted by molar-refractivity contribution is 6.36. The molecule has 2 aromatic carbocycles. The molecular formula is C21H23Cl2NO3. The first kappa shape index (κ1) is 21.3. The van der Waals surface area contributed by atoms with Gasteiger partial charge in [-0.15, -0.1) is 0 Å². The maximum absolute atomic E-state index is 12.9. The molecule has 2 aromatic rings. The molecule has 0 aromatic heterocycles. The van der Waals surface area contributed by atoms with E-state index in [0.29, 0.717) is 39.9 Å². The second-order valence-electron chi connectivity index (χ2n) is 6.55. The first-order chi connectivity index (χ1) is 12.8. The number of rotatable bonds is 7. The van der Waals surface area contributed by atoms with E-state index < -0.39 is 5.97 Å². The summed E-state index contributed by atoms with van der Waals surface area (Å²) in [6, 6.07) is 12.0. The Morgan fingerprint density at radius 2 is 1.63 bits per heavy atom. The number of esters is 1. The molecule has 0 saturated heterocycles. The number of amides is 1. The minimum atomic E-state index is -0.391. The van der Waals surface area contributed by atoms with Crippen molar-refractivity contribution >= 4 is 40.8 Å². The molecule has 0 spiro atoms. The summed E-state index contributed by atoms with van der Waals surface area (Å²) < 4.78 is 5.00. The Labute approximate surface area is 170 Å². The SMILES string of the molecule is CCOC(=O)c1ccc(N(Cc2c(Cl)cccc2Cl)C(=O)CC(C)C)cc1. The molecule has 0 aliphatic heterocycles. The standard InChI is InChI=1S/C21H23Cl2NO3/c1-4-27-21(26)15-8-10-16(11-9-15)24(20(25)12-14(2)3)13-17-18(22)6-5-7-19(17)23/h5-11,14H,4,12-13H2,1-3H3. The Kier molecular flexibility index (Phi) is 7.69. The lowest BCUT2D eigenvalue weighted by molar-refractivity contribution is -0.119. The maximum atomic E-state index is 12.9. The van der Waals surface area contributed by atoms with Crippen molar-refractivity contribution < 1.29 is 14.3 Å². The lowest BCUT2D eigenvalue weighted by atomic mass is 10.1. The molecule has 0 atom stereocenters. The average molecular weight is 408 g/mol. The van der Waals surface area contributed by atoms with E-state index in [2.05, 4.69) is 0 Å². The highest BCUT2D eigenvalue weighted by Gasteiger charge is 2.20. The molecule has 6 heteroatoms. The van der Waals surface area contributed by atoms with Gasteiger partial charge in [-0.25, -0.2) is 4.79 Å². The summed E-state index contributed by atoms with van der Waals surface area (Å²) in [6.45, 7) is 6.30. The van der Waals surface area contributed by atoms with Crippen LogP contribution in [-0.2, 0) is 16.1 Å². The predicted molar refractivity (Wildman–Crippen MR) is 110 cm³/mol. The normalized spacial score (nSPS) is 10.7. The van der Waals surface area contributed by atoms with Crippen LogP contribution in [0.5, 0.6) is 0 Å². The van der Waals surface area contributed by atoms with Crippen LogP contribution in [0.2, 0.25) is 10.0 Å². The summed E-state index contributed by atoms with van der Waals surface area (Å²) in [6.07, 6.45) is 0.391. The van der Waals surface area contributed by atoms with Gasteiger partial charge in [0.2, 0.25) is 5.91 Å². The van der Waals surface area contributed by atoms with Crippen LogP contribution in [0, 0.1) is 5.92 Å². The van der Waals surface area contributed by atoms with E-state index in [9.17, 15) is 9.59 Å². The quantitative estimate of drug-likeness (QED) is 0.548. The van der Waals surface area contributed by atoms with E-state index in [0.717, 1.165) is 0 Å². The van der Waals surface area contributed by atoms with Crippen LogP contribution in [0.25, 0.3) is 0 Å². The third kappa shape index (κ3) is 5.72. The minimum absolute atomic E-state index is 0.0372. The second-order valence-corrected chi connectivity index (χ2v) is 7.36. The van der Waals surface area contributed by atoms with Crippen LogP contribution < -0.4 is 4.90 Å². The Morgan fingerprint density at radius 1 is 1.04 bits per heavy atom. The first-order valence-electron chi connectivity index (χ1n) is 8.83. The van der Waals surface area contributed by atoms with E-state index in [1.807, 2.05) is 13.8 Å². The van der Waals surface area contributed by atoms with Gasteiger partial charge < -0.3 is 9.64 Å². The number of ether oxygens (including phenoxy) is 1. The van der Waals surface area contributed by atoms with Gasteiger partial charge in [0.1, 0.15) is 0 Å². The second kappa shape index (κ2) is 9.77. The zero-order valence-electron chi connectivity index (χ0n) is 15.7. The Morgan fingerprint density at radius 3 is 2.15 bits per heavy atom. The first-order valence-corrected chi connectivity index (χ1v) is 9.59. The molecule has 27 heavy (non-hydrogen) atoms. The summed E-state index contributed by atoms with van der Waals surface area (Å²) in [5.74, 6) is -0.219. The molecule has 0 radical (unpaired) electrons. The van der Waals surface area contributed by atoms with Gasteiger partial charge in [-0.3, -0.25) is 4.79 Å². The van der Waals surface area contributed by atoms with Gasteiger partial charge in [0.25, 0.3) is 0 Å². The monoisotopic (exact) mass is 407 g/mol. The van der Waals surface area contributed by atoms with Crippen molar-refractivity contribution in [2.24, 2.45) is 5.92 Å². The number of anilines is 1. The van der Waals surface area contributed by atoms with E-state index in [1.165, 1.54) is 0 Å². The summed E-state index contributed by atoms with van der Waals surface area (Å²) in [5.41, 5.74) is 1.80.